The van der Waals surface area contributed by atoms with Crippen molar-refractivity contribution in [1.82, 2.24) is 24.6 Å². The third-order valence-electron chi connectivity index (χ3n) is 8.73. The van der Waals surface area contributed by atoms with Gasteiger partial charge in [-0.1, -0.05) is 12.1 Å². The van der Waals surface area contributed by atoms with Gasteiger partial charge in [0.25, 0.3) is 0 Å². The molecular weight excluding hydrogens is 486 g/mol. The number of benzene rings is 2. The lowest BCUT2D eigenvalue weighted by molar-refractivity contribution is 0.116. The van der Waals surface area contributed by atoms with Gasteiger partial charge < -0.3 is 19.9 Å². The van der Waals surface area contributed by atoms with Crippen LogP contribution in [0.5, 0.6) is 0 Å². The predicted molar refractivity (Wildman–Crippen MR) is 151 cm³/mol. The largest absolute Gasteiger partial charge is 0.393 e. The number of nitrogens with one attached hydrogen (secondary N) is 1. The minimum Gasteiger partial charge on any atom is -0.393 e. The van der Waals surface area contributed by atoms with Crippen molar-refractivity contribution in [3.05, 3.63) is 72.2 Å². The number of hydrogen-bond donors (Lipinski definition) is 2. The Hall–Kier alpha value is -3.93. The summed E-state index contributed by atoms with van der Waals surface area (Å²) in [7, 11) is 0. The molecule has 0 spiro atoms. The molecule has 2 fully saturated rings. The molecule has 8 heteroatoms. The SMILES string of the molecule is N#Cc1ccc(-c2cc3n(c2)Cc2cc(N4CC[C@@H](CN[C@H]5CC[C@H](O)CC5)C4)ccc2-n2cnnc2-3)cc1. The quantitative estimate of drug-likeness (QED) is 0.358. The van der Waals surface area contributed by atoms with Crippen LogP contribution in [0.2, 0.25) is 0 Å². The number of rotatable bonds is 5. The second-order valence-corrected chi connectivity index (χ2v) is 11.3. The molecule has 1 aliphatic carbocycles. The van der Waals surface area contributed by atoms with Gasteiger partial charge in [0.15, 0.2) is 5.82 Å². The second-order valence-electron chi connectivity index (χ2n) is 11.3. The van der Waals surface area contributed by atoms with Gasteiger partial charge in [0.2, 0.25) is 0 Å². The molecule has 2 N–H and O–H groups in total. The summed E-state index contributed by atoms with van der Waals surface area (Å²) in [5.74, 6) is 1.48. The number of nitrogens with zero attached hydrogens (tertiary/aromatic N) is 6. The van der Waals surface area contributed by atoms with E-state index in [0.29, 0.717) is 17.5 Å². The zero-order valence-corrected chi connectivity index (χ0v) is 22.0. The third kappa shape index (κ3) is 4.62. The summed E-state index contributed by atoms with van der Waals surface area (Å²) in [4.78, 5) is 2.52. The molecule has 4 heterocycles. The van der Waals surface area contributed by atoms with Gasteiger partial charge in [0.05, 0.1) is 29.1 Å². The van der Waals surface area contributed by atoms with Crippen LogP contribution < -0.4 is 10.2 Å². The van der Waals surface area contributed by atoms with Gasteiger partial charge in [-0.15, -0.1) is 10.2 Å². The number of aliphatic hydroxyl groups is 1. The van der Waals surface area contributed by atoms with Crippen LogP contribution in [-0.4, -0.2) is 56.2 Å². The Morgan fingerprint density at radius 3 is 2.67 bits per heavy atom. The second kappa shape index (κ2) is 9.99. The van der Waals surface area contributed by atoms with E-state index in [0.717, 1.165) is 80.2 Å². The first-order valence-electron chi connectivity index (χ1n) is 14.1. The molecule has 7 rings (SSSR count). The normalized spacial score (nSPS) is 22.1. The van der Waals surface area contributed by atoms with Gasteiger partial charge in [0.1, 0.15) is 6.33 Å². The summed E-state index contributed by atoms with van der Waals surface area (Å²) < 4.78 is 4.36. The summed E-state index contributed by atoms with van der Waals surface area (Å²) in [5.41, 5.74) is 7.52. The van der Waals surface area contributed by atoms with E-state index >= 15 is 0 Å². The summed E-state index contributed by atoms with van der Waals surface area (Å²) in [6, 6.07) is 19.4. The van der Waals surface area contributed by atoms with E-state index in [-0.39, 0.29) is 6.10 Å². The minimum atomic E-state index is -0.0995. The first-order chi connectivity index (χ1) is 19.1. The zero-order chi connectivity index (χ0) is 26.3. The number of aromatic nitrogens is 4. The van der Waals surface area contributed by atoms with Crippen LogP contribution in [0, 0.1) is 17.2 Å². The molecular formula is C31H33N7O. The molecule has 4 aromatic rings. The Bertz CT molecular complexity index is 1520. The van der Waals surface area contributed by atoms with Crippen LogP contribution in [0.25, 0.3) is 28.3 Å². The summed E-state index contributed by atoms with van der Waals surface area (Å²) >= 11 is 0. The van der Waals surface area contributed by atoms with E-state index in [1.165, 1.54) is 17.7 Å². The zero-order valence-electron chi connectivity index (χ0n) is 22.0. The molecule has 0 unspecified atom stereocenters. The molecule has 8 nitrogen and oxygen atoms in total. The lowest BCUT2D eigenvalue weighted by Crippen LogP contribution is -2.38. The van der Waals surface area contributed by atoms with Gasteiger partial charge in [-0.3, -0.25) is 4.57 Å². The molecule has 1 atom stereocenters. The molecule has 0 amide bonds. The fourth-order valence-corrected chi connectivity index (χ4v) is 6.47. The highest BCUT2D eigenvalue weighted by Gasteiger charge is 2.27. The average Bonchev–Trinajstić information content (AvgIpc) is 3.72. The van der Waals surface area contributed by atoms with Crippen molar-refractivity contribution in [3.8, 4) is 34.4 Å². The molecule has 2 aliphatic heterocycles. The fourth-order valence-electron chi connectivity index (χ4n) is 6.47. The van der Waals surface area contributed by atoms with Gasteiger partial charge in [0, 0.05) is 43.1 Å². The number of fused-ring (bicyclic) bond motifs is 5. The maximum absolute atomic E-state index is 9.78. The standard InChI is InChI=1S/C31H33N7O/c32-15-21-1-3-23(4-2-21)24-14-30-31-35-34-20-38(31)29-10-7-27(13-25(29)19-37(30)18-24)36-12-11-22(17-36)16-33-26-5-8-28(39)9-6-26/h1-4,7,10,13-14,18,20,22,26,28,33,39H,5-6,8-9,11-12,16-17,19H2/t22-,26-,28-/m0/s1. The molecule has 2 aromatic carbocycles. The number of anilines is 1. The van der Waals surface area contributed by atoms with E-state index in [9.17, 15) is 5.11 Å². The number of nitriles is 1. The fraction of sp³-hybridized carbons (Fsp3) is 0.387. The lowest BCUT2D eigenvalue weighted by Gasteiger charge is -2.27. The van der Waals surface area contributed by atoms with Crippen LogP contribution in [0.4, 0.5) is 5.69 Å². The van der Waals surface area contributed by atoms with Crippen LogP contribution >= 0.6 is 0 Å². The molecule has 198 valence electrons. The van der Waals surface area contributed by atoms with E-state index in [2.05, 4.69) is 66.1 Å². The first kappa shape index (κ1) is 24.1. The highest BCUT2D eigenvalue weighted by molar-refractivity contribution is 5.72. The van der Waals surface area contributed by atoms with Gasteiger partial charge >= 0.3 is 0 Å². The van der Waals surface area contributed by atoms with Crippen LogP contribution in [0.1, 0.15) is 43.2 Å². The summed E-state index contributed by atoms with van der Waals surface area (Å²) in [6.07, 6.45) is 9.11. The third-order valence-corrected chi connectivity index (χ3v) is 8.73. The van der Waals surface area contributed by atoms with Crippen molar-refractivity contribution >= 4 is 5.69 Å². The Kier molecular flexibility index (Phi) is 6.18. The summed E-state index contributed by atoms with van der Waals surface area (Å²) in [6.45, 7) is 3.95. The molecule has 2 aromatic heterocycles. The Morgan fingerprint density at radius 2 is 1.85 bits per heavy atom. The Morgan fingerprint density at radius 1 is 1.00 bits per heavy atom. The minimum absolute atomic E-state index is 0.0995. The van der Waals surface area contributed by atoms with Crippen LogP contribution in [0.15, 0.2) is 61.1 Å². The van der Waals surface area contributed by atoms with Gasteiger partial charge in [-0.25, -0.2) is 0 Å². The van der Waals surface area contributed by atoms with Gasteiger partial charge in [-0.05, 0) is 92.1 Å². The van der Waals surface area contributed by atoms with E-state index < -0.39 is 0 Å². The number of aliphatic hydroxyl groups excluding tert-OH is 1. The predicted octanol–water partition coefficient (Wildman–Crippen LogP) is 4.36. The van der Waals surface area contributed by atoms with Crippen molar-refractivity contribution in [1.29, 1.82) is 5.26 Å². The smallest absolute Gasteiger partial charge is 0.185 e. The number of hydrogen-bond acceptors (Lipinski definition) is 6. The monoisotopic (exact) mass is 519 g/mol. The maximum Gasteiger partial charge on any atom is 0.185 e. The molecule has 0 radical (unpaired) electrons. The first-order valence-corrected chi connectivity index (χ1v) is 14.1. The highest BCUT2D eigenvalue weighted by Crippen LogP contribution is 2.35. The van der Waals surface area contributed by atoms with Crippen molar-refractivity contribution < 1.29 is 5.11 Å². The molecule has 1 saturated heterocycles. The van der Waals surface area contributed by atoms with Crippen molar-refractivity contribution in [2.24, 2.45) is 5.92 Å². The molecule has 1 saturated carbocycles. The van der Waals surface area contributed by atoms with Gasteiger partial charge in [-0.2, -0.15) is 5.26 Å². The highest BCUT2D eigenvalue weighted by atomic mass is 16.3. The Labute approximate surface area is 228 Å². The van der Waals surface area contributed by atoms with Crippen molar-refractivity contribution in [2.75, 3.05) is 24.5 Å². The molecule has 3 aliphatic rings. The maximum atomic E-state index is 9.78. The summed E-state index contributed by atoms with van der Waals surface area (Å²) in [5, 5.41) is 31.5. The van der Waals surface area contributed by atoms with Crippen LogP contribution in [-0.2, 0) is 6.54 Å². The Balaban J connectivity index is 1.11. The van der Waals surface area contributed by atoms with E-state index in [1.807, 2.05) is 24.3 Å². The molecule has 39 heavy (non-hydrogen) atoms. The lowest BCUT2D eigenvalue weighted by atomic mass is 9.93. The van der Waals surface area contributed by atoms with E-state index in [4.69, 9.17) is 5.26 Å². The topological polar surface area (TPSA) is 94.9 Å². The van der Waals surface area contributed by atoms with Crippen molar-refractivity contribution in [3.63, 3.8) is 0 Å². The van der Waals surface area contributed by atoms with Crippen molar-refractivity contribution in [2.45, 2.75) is 50.8 Å². The van der Waals surface area contributed by atoms with Crippen LogP contribution in [0.3, 0.4) is 0 Å². The molecule has 0 bridgehead atoms. The van der Waals surface area contributed by atoms with E-state index in [1.54, 1.807) is 6.33 Å². The average molecular weight is 520 g/mol.